The van der Waals surface area contributed by atoms with E-state index < -0.39 is 0 Å². The van der Waals surface area contributed by atoms with Crippen LogP contribution in [0.1, 0.15) is 41.0 Å². The van der Waals surface area contributed by atoms with Crippen molar-refractivity contribution in [2.45, 2.75) is 53.2 Å². The first-order chi connectivity index (χ1) is 8.36. The normalized spacial score (nSPS) is 12.9. The highest BCUT2D eigenvalue weighted by molar-refractivity contribution is 6.28. The number of hydrogen-bond donors (Lipinski definition) is 1. The van der Waals surface area contributed by atoms with Crippen molar-refractivity contribution in [3.8, 4) is 6.01 Å². The minimum Gasteiger partial charge on any atom is -0.461 e. The van der Waals surface area contributed by atoms with Crippen LogP contribution >= 0.6 is 11.6 Å². The van der Waals surface area contributed by atoms with Gasteiger partial charge in [0, 0.05) is 6.04 Å². The Balaban J connectivity index is 2.73. The molecule has 1 rings (SSSR count). The van der Waals surface area contributed by atoms with Gasteiger partial charge in [0.25, 0.3) is 0 Å². The fourth-order valence-electron chi connectivity index (χ4n) is 1.65. The van der Waals surface area contributed by atoms with Crippen LogP contribution in [0, 0.1) is 5.92 Å². The molecule has 1 N–H and O–H groups in total. The minimum absolute atomic E-state index is 0.00408. The van der Waals surface area contributed by atoms with Crippen molar-refractivity contribution in [3.63, 3.8) is 0 Å². The quantitative estimate of drug-likeness (QED) is 0.862. The highest BCUT2D eigenvalue weighted by atomic mass is 35.5. The summed E-state index contributed by atoms with van der Waals surface area (Å²) in [6.45, 7) is 10.2. The zero-order valence-electron chi connectivity index (χ0n) is 11.6. The fourth-order valence-corrected chi connectivity index (χ4v) is 1.80. The van der Waals surface area contributed by atoms with Crippen LogP contribution < -0.4 is 10.1 Å². The second-order valence-corrected chi connectivity index (χ2v) is 5.39. The third kappa shape index (κ3) is 5.49. The van der Waals surface area contributed by atoms with Gasteiger partial charge in [0.1, 0.15) is 0 Å². The van der Waals surface area contributed by atoms with Gasteiger partial charge in [0.05, 0.1) is 6.10 Å². The molecule has 1 heterocycles. The van der Waals surface area contributed by atoms with E-state index in [9.17, 15) is 0 Å². The number of halogens is 1. The smallest absolute Gasteiger partial charge is 0.322 e. The molecule has 0 spiro atoms. The Labute approximate surface area is 113 Å². The summed E-state index contributed by atoms with van der Waals surface area (Å²) in [6, 6.07) is 0.527. The van der Waals surface area contributed by atoms with Crippen LogP contribution in [0.3, 0.4) is 0 Å². The molecular weight excluding hydrogens is 252 g/mol. The van der Waals surface area contributed by atoms with Crippen molar-refractivity contribution >= 4 is 17.5 Å². The van der Waals surface area contributed by atoms with E-state index in [-0.39, 0.29) is 23.4 Å². The first kappa shape index (κ1) is 15.0. The lowest BCUT2D eigenvalue weighted by Crippen LogP contribution is -2.20. The Morgan fingerprint density at radius 1 is 1.11 bits per heavy atom. The average molecular weight is 273 g/mol. The maximum Gasteiger partial charge on any atom is 0.322 e. The lowest BCUT2D eigenvalue weighted by atomic mass is 10.1. The molecule has 1 atom stereocenters. The highest BCUT2D eigenvalue weighted by Gasteiger charge is 2.11. The molecule has 0 aliphatic heterocycles. The van der Waals surface area contributed by atoms with E-state index >= 15 is 0 Å². The minimum atomic E-state index is 0.00408. The van der Waals surface area contributed by atoms with Gasteiger partial charge in [-0.1, -0.05) is 13.8 Å². The first-order valence-corrected chi connectivity index (χ1v) is 6.59. The van der Waals surface area contributed by atoms with E-state index in [1.54, 1.807) is 0 Å². The third-order valence-electron chi connectivity index (χ3n) is 2.13. The summed E-state index contributed by atoms with van der Waals surface area (Å²) in [6.07, 6.45) is 1.04. The van der Waals surface area contributed by atoms with E-state index in [1.807, 2.05) is 13.8 Å². The van der Waals surface area contributed by atoms with Crippen LogP contribution in [0.2, 0.25) is 5.28 Å². The fraction of sp³-hybridized carbons (Fsp3) is 0.750. The second kappa shape index (κ2) is 6.73. The van der Waals surface area contributed by atoms with E-state index in [1.165, 1.54) is 0 Å². The molecule has 0 radical (unpaired) electrons. The lowest BCUT2D eigenvalue weighted by Gasteiger charge is -2.16. The van der Waals surface area contributed by atoms with Crippen LogP contribution in [-0.4, -0.2) is 27.1 Å². The van der Waals surface area contributed by atoms with Gasteiger partial charge in [-0.2, -0.15) is 15.0 Å². The predicted molar refractivity (Wildman–Crippen MR) is 73.1 cm³/mol. The second-order valence-electron chi connectivity index (χ2n) is 5.05. The molecule has 1 aromatic heterocycles. The number of anilines is 1. The van der Waals surface area contributed by atoms with Gasteiger partial charge in [0.2, 0.25) is 11.2 Å². The van der Waals surface area contributed by atoms with Crippen LogP contribution in [0.25, 0.3) is 0 Å². The molecule has 0 aliphatic rings. The molecule has 18 heavy (non-hydrogen) atoms. The van der Waals surface area contributed by atoms with Gasteiger partial charge in [-0.15, -0.1) is 0 Å². The molecule has 0 aromatic carbocycles. The van der Waals surface area contributed by atoms with Gasteiger partial charge < -0.3 is 10.1 Å². The topological polar surface area (TPSA) is 59.9 Å². The van der Waals surface area contributed by atoms with Gasteiger partial charge in [-0.3, -0.25) is 0 Å². The van der Waals surface area contributed by atoms with Gasteiger partial charge in [-0.05, 0) is 44.7 Å². The summed E-state index contributed by atoms with van der Waals surface area (Å²) in [5, 5.41) is 3.34. The number of rotatable bonds is 6. The maximum atomic E-state index is 5.84. The molecule has 6 heteroatoms. The number of nitrogens with zero attached hydrogens (tertiary/aromatic N) is 3. The average Bonchev–Trinajstić information content (AvgIpc) is 2.12. The Kier molecular flexibility index (Phi) is 5.59. The maximum absolute atomic E-state index is 5.84. The summed E-state index contributed by atoms with van der Waals surface area (Å²) in [5.41, 5.74) is 0. The molecule has 1 aromatic rings. The molecule has 0 amide bonds. The van der Waals surface area contributed by atoms with Crippen LogP contribution in [0.15, 0.2) is 0 Å². The van der Waals surface area contributed by atoms with Crippen molar-refractivity contribution in [1.29, 1.82) is 0 Å². The van der Waals surface area contributed by atoms with Crippen LogP contribution in [0.4, 0.5) is 5.95 Å². The molecule has 0 saturated heterocycles. The first-order valence-electron chi connectivity index (χ1n) is 6.21. The Morgan fingerprint density at radius 2 is 1.78 bits per heavy atom. The number of hydrogen-bond acceptors (Lipinski definition) is 5. The molecular formula is C12H21ClN4O. The standard InChI is InChI=1S/C12H21ClN4O/c1-7(2)6-9(5)14-11-15-10(13)16-12(17-11)18-8(3)4/h7-9H,6H2,1-5H3,(H,14,15,16,17). The van der Waals surface area contributed by atoms with Crippen molar-refractivity contribution in [2.75, 3.05) is 5.32 Å². The van der Waals surface area contributed by atoms with E-state index in [0.29, 0.717) is 11.9 Å². The van der Waals surface area contributed by atoms with Crippen molar-refractivity contribution in [3.05, 3.63) is 5.28 Å². The molecule has 1 unspecified atom stereocenters. The van der Waals surface area contributed by atoms with Crippen LogP contribution in [-0.2, 0) is 0 Å². The monoisotopic (exact) mass is 272 g/mol. The summed E-state index contributed by atoms with van der Waals surface area (Å²) in [5.74, 6) is 1.06. The largest absolute Gasteiger partial charge is 0.461 e. The Hall–Kier alpha value is -1.10. The van der Waals surface area contributed by atoms with Crippen molar-refractivity contribution in [1.82, 2.24) is 15.0 Å². The van der Waals surface area contributed by atoms with E-state index in [2.05, 4.69) is 41.0 Å². The molecule has 0 fully saturated rings. The highest BCUT2D eigenvalue weighted by Crippen LogP contribution is 2.15. The summed E-state index contributed by atoms with van der Waals surface area (Å²) < 4.78 is 5.41. The van der Waals surface area contributed by atoms with E-state index in [0.717, 1.165) is 6.42 Å². The lowest BCUT2D eigenvalue weighted by molar-refractivity contribution is 0.222. The van der Waals surface area contributed by atoms with Gasteiger partial charge in [-0.25, -0.2) is 0 Å². The number of aromatic nitrogens is 3. The van der Waals surface area contributed by atoms with Crippen LogP contribution in [0.5, 0.6) is 6.01 Å². The van der Waals surface area contributed by atoms with Crippen molar-refractivity contribution in [2.24, 2.45) is 5.92 Å². The molecule has 0 bridgehead atoms. The Morgan fingerprint density at radius 3 is 2.33 bits per heavy atom. The number of nitrogens with one attached hydrogen (secondary N) is 1. The van der Waals surface area contributed by atoms with Gasteiger partial charge in [0.15, 0.2) is 0 Å². The zero-order chi connectivity index (χ0) is 13.7. The summed E-state index contributed by atoms with van der Waals surface area (Å²) >= 11 is 5.84. The summed E-state index contributed by atoms with van der Waals surface area (Å²) in [4.78, 5) is 12.1. The predicted octanol–water partition coefficient (Wildman–Crippen LogP) is 3.16. The summed E-state index contributed by atoms with van der Waals surface area (Å²) in [7, 11) is 0. The zero-order valence-corrected chi connectivity index (χ0v) is 12.3. The van der Waals surface area contributed by atoms with Gasteiger partial charge >= 0.3 is 6.01 Å². The molecule has 102 valence electrons. The molecule has 0 saturated carbocycles. The SMILES string of the molecule is CC(C)CC(C)Nc1nc(Cl)nc(OC(C)C)n1. The number of ether oxygens (including phenoxy) is 1. The molecule has 5 nitrogen and oxygen atoms in total. The third-order valence-corrected chi connectivity index (χ3v) is 2.30. The Bertz CT molecular complexity index is 384. The molecule has 0 aliphatic carbocycles. The van der Waals surface area contributed by atoms with Crippen molar-refractivity contribution < 1.29 is 4.74 Å². The van der Waals surface area contributed by atoms with E-state index in [4.69, 9.17) is 16.3 Å².